The maximum atomic E-state index is 11.8. The molecule has 4 heteroatoms. The number of rotatable bonds is 3. The Hall–Kier alpha value is -2.28. The van der Waals surface area contributed by atoms with Gasteiger partial charge in [0.1, 0.15) is 11.7 Å². The van der Waals surface area contributed by atoms with E-state index < -0.39 is 5.63 Å². The first-order valence-corrected chi connectivity index (χ1v) is 5.93. The molecule has 0 radical (unpaired) electrons. The van der Waals surface area contributed by atoms with E-state index in [1.54, 1.807) is 6.07 Å². The predicted octanol–water partition coefficient (Wildman–Crippen LogP) is 2.51. The van der Waals surface area contributed by atoms with Gasteiger partial charge in [0.25, 0.3) is 0 Å². The van der Waals surface area contributed by atoms with Crippen LogP contribution in [0.5, 0.6) is 0 Å². The Morgan fingerprint density at radius 1 is 1.28 bits per heavy atom. The third-order valence-corrected chi connectivity index (χ3v) is 2.98. The summed E-state index contributed by atoms with van der Waals surface area (Å²) in [5.74, 6) is 0. The summed E-state index contributed by atoms with van der Waals surface area (Å²) < 4.78 is 5.16. The van der Waals surface area contributed by atoms with Crippen LogP contribution in [-0.4, -0.2) is 13.1 Å². The lowest BCUT2D eigenvalue weighted by atomic mass is 10.1. The molecule has 0 atom stereocenters. The van der Waals surface area contributed by atoms with Crippen LogP contribution >= 0.6 is 0 Å². The van der Waals surface area contributed by atoms with Crippen molar-refractivity contribution in [3.63, 3.8) is 0 Å². The highest BCUT2D eigenvalue weighted by molar-refractivity contribution is 5.93. The average Bonchev–Trinajstić information content (AvgIpc) is 2.40. The largest absolute Gasteiger partial charge is 0.422 e. The molecule has 1 heterocycles. The Kier molecular flexibility index (Phi) is 3.33. The lowest BCUT2D eigenvalue weighted by molar-refractivity contribution is 0.558. The summed E-state index contributed by atoms with van der Waals surface area (Å²) in [4.78, 5) is 13.8. The molecular formula is C14H14N2O2. The van der Waals surface area contributed by atoms with Gasteiger partial charge in [-0.3, -0.25) is 0 Å². The molecule has 1 aromatic carbocycles. The van der Waals surface area contributed by atoms with E-state index in [0.29, 0.717) is 11.3 Å². The lowest BCUT2D eigenvalue weighted by Crippen LogP contribution is -2.25. The molecule has 0 unspecified atom stereocenters. The predicted molar refractivity (Wildman–Crippen MR) is 70.8 cm³/mol. The number of nitriles is 1. The van der Waals surface area contributed by atoms with E-state index in [0.717, 1.165) is 18.5 Å². The zero-order chi connectivity index (χ0) is 13.1. The van der Waals surface area contributed by atoms with Gasteiger partial charge in [0, 0.05) is 18.5 Å². The Labute approximate surface area is 105 Å². The number of benzene rings is 1. The van der Waals surface area contributed by atoms with Gasteiger partial charge in [0.15, 0.2) is 5.56 Å². The molecular weight excluding hydrogens is 228 g/mol. The number of nitrogens with zero attached hydrogens (tertiary/aromatic N) is 2. The van der Waals surface area contributed by atoms with Crippen molar-refractivity contribution < 1.29 is 4.42 Å². The highest BCUT2D eigenvalue weighted by Gasteiger charge is 2.17. The zero-order valence-corrected chi connectivity index (χ0v) is 10.4. The highest BCUT2D eigenvalue weighted by atomic mass is 16.4. The van der Waals surface area contributed by atoms with Crippen LogP contribution in [0.3, 0.4) is 0 Å². The van der Waals surface area contributed by atoms with E-state index in [-0.39, 0.29) is 5.56 Å². The van der Waals surface area contributed by atoms with Crippen molar-refractivity contribution in [2.24, 2.45) is 0 Å². The molecule has 0 N–H and O–H groups in total. The van der Waals surface area contributed by atoms with Crippen LogP contribution in [0.25, 0.3) is 11.0 Å². The summed E-state index contributed by atoms with van der Waals surface area (Å²) in [6.45, 7) is 5.46. The minimum absolute atomic E-state index is 0.0809. The van der Waals surface area contributed by atoms with Crippen LogP contribution < -0.4 is 10.5 Å². The van der Waals surface area contributed by atoms with Crippen LogP contribution in [0.4, 0.5) is 5.69 Å². The average molecular weight is 242 g/mol. The highest BCUT2D eigenvalue weighted by Crippen LogP contribution is 2.28. The number of anilines is 1. The van der Waals surface area contributed by atoms with Gasteiger partial charge in [-0.25, -0.2) is 4.79 Å². The number of para-hydroxylation sites is 1. The van der Waals surface area contributed by atoms with E-state index in [1.165, 1.54) is 0 Å². The summed E-state index contributed by atoms with van der Waals surface area (Å²) >= 11 is 0. The SMILES string of the molecule is CCN(CC)c1c(C#N)c(=O)oc2ccccc12. The molecule has 2 aromatic rings. The van der Waals surface area contributed by atoms with Crippen LogP contribution in [0.1, 0.15) is 19.4 Å². The first-order chi connectivity index (χ1) is 8.72. The van der Waals surface area contributed by atoms with Crippen molar-refractivity contribution in [2.75, 3.05) is 18.0 Å². The second kappa shape index (κ2) is 4.92. The van der Waals surface area contributed by atoms with Gasteiger partial charge in [-0.05, 0) is 26.0 Å². The van der Waals surface area contributed by atoms with Crippen molar-refractivity contribution in [2.45, 2.75) is 13.8 Å². The molecule has 1 aromatic heterocycles. The van der Waals surface area contributed by atoms with E-state index in [1.807, 2.05) is 43.0 Å². The standard InChI is InChI=1S/C14H14N2O2/c1-3-16(4-2)13-10-7-5-6-8-12(10)18-14(17)11(13)9-15/h5-8H,3-4H2,1-2H3. The molecule has 0 amide bonds. The van der Waals surface area contributed by atoms with Gasteiger partial charge in [0.05, 0.1) is 5.69 Å². The van der Waals surface area contributed by atoms with Gasteiger partial charge in [-0.15, -0.1) is 0 Å². The molecule has 0 aliphatic carbocycles. The molecule has 4 nitrogen and oxygen atoms in total. The fraction of sp³-hybridized carbons (Fsp3) is 0.286. The van der Waals surface area contributed by atoms with Crippen molar-refractivity contribution in [1.29, 1.82) is 5.26 Å². The normalized spacial score (nSPS) is 10.3. The number of hydrogen-bond donors (Lipinski definition) is 0. The number of fused-ring (bicyclic) bond motifs is 1. The topological polar surface area (TPSA) is 57.2 Å². The third-order valence-electron chi connectivity index (χ3n) is 2.98. The minimum atomic E-state index is -0.571. The maximum absolute atomic E-state index is 11.8. The van der Waals surface area contributed by atoms with E-state index in [4.69, 9.17) is 9.68 Å². The maximum Gasteiger partial charge on any atom is 0.356 e. The first kappa shape index (κ1) is 12.2. The second-order valence-electron chi connectivity index (χ2n) is 3.89. The molecule has 18 heavy (non-hydrogen) atoms. The summed E-state index contributed by atoms with van der Waals surface area (Å²) in [5.41, 5.74) is 0.702. The van der Waals surface area contributed by atoms with Crippen LogP contribution in [0.2, 0.25) is 0 Å². The van der Waals surface area contributed by atoms with Gasteiger partial charge in [-0.2, -0.15) is 5.26 Å². The third kappa shape index (κ3) is 1.84. The molecule has 92 valence electrons. The quantitative estimate of drug-likeness (QED) is 0.776. The van der Waals surface area contributed by atoms with E-state index in [2.05, 4.69) is 0 Å². The summed E-state index contributed by atoms with van der Waals surface area (Å²) in [6.07, 6.45) is 0. The molecule has 0 aliphatic heterocycles. The summed E-state index contributed by atoms with van der Waals surface area (Å²) in [6, 6.07) is 9.25. The monoisotopic (exact) mass is 242 g/mol. The fourth-order valence-electron chi connectivity index (χ4n) is 2.10. The Bertz CT molecular complexity index is 664. The van der Waals surface area contributed by atoms with Crippen molar-refractivity contribution >= 4 is 16.7 Å². The van der Waals surface area contributed by atoms with Crippen LogP contribution in [0, 0.1) is 11.3 Å². The van der Waals surface area contributed by atoms with Gasteiger partial charge in [-0.1, -0.05) is 12.1 Å². The fourth-order valence-corrected chi connectivity index (χ4v) is 2.10. The van der Waals surface area contributed by atoms with E-state index >= 15 is 0 Å². The van der Waals surface area contributed by atoms with E-state index in [9.17, 15) is 4.79 Å². The Balaban J connectivity index is 2.90. The summed E-state index contributed by atoms with van der Waals surface area (Å²) in [7, 11) is 0. The molecule has 0 fully saturated rings. The molecule has 2 rings (SSSR count). The molecule has 0 bridgehead atoms. The molecule has 0 spiro atoms. The first-order valence-electron chi connectivity index (χ1n) is 5.93. The van der Waals surface area contributed by atoms with Crippen LogP contribution in [0.15, 0.2) is 33.5 Å². The number of hydrogen-bond acceptors (Lipinski definition) is 4. The minimum Gasteiger partial charge on any atom is -0.422 e. The van der Waals surface area contributed by atoms with Crippen LogP contribution in [-0.2, 0) is 0 Å². The van der Waals surface area contributed by atoms with Gasteiger partial charge in [0.2, 0.25) is 0 Å². The zero-order valence-electron chi connectivity index (χ0n) is 10.4. The van der Waals surface area contributed by atoms with Crippen molar-refractivity contribution in [3.8, 4) is 6.07 Å². The van der Waals surface area contributed by atoms with Crippen molar-refractivity contribution in [1.82, 2.24) is 0 Å². The Morgan fingerprint density at radius 3 is 2.56 bits per heavy atom. The molecule has 0 aliphatic rings. The van der Waals surface area contributed by atoms with Crippen molar-refractivity contribution in [3.05, 3.63) is 40.2 Å². The lowest BCUT2D eigenvalue weighted by Gasteiger charge is -2.22. The van der Waals surface area contributed by atoms with Gasteiger partial charge < -0.3 is 9.32 Å². The smallest absolute Gasteiger partial charge is 0.356 e. The Morgan fingerprint density at radius 2 is 1.94 bits per heavy atom. The second-order valence-corrected chi connectivity index (χ2v) is 3.89. The summed E-state index contributed by atoms with van der Waals surface area (Å²) in [5, 5.41) is 9.97. The molecule has 0 saturated carbocycles. The molecule has 0 saturated heterocycles. The van der Waals surface area contributed by atoms with Gasteiger partial charge >= 0.3 is 5.63 Å².